The molecule has 3 aromatic carbocycles. The van der Waals surface area contributed by atoms with Crippen molar-refractivity contribution in [3.63, 3.8) is 0 Å². The molecular weight excluding hydrogens is 485 g/mol. The summed E-state index contributed by atoms with van der Waals surface area (Å²) in [5.74, 6) is 0.602. The first kappa shape index (κ1) is 26.1. The van der Waals surface area contributed by atoms with Gasteiger partial charge in [0.15, 0.2) is 4.90 Å². The third-order valence-electron chi connectivity index (χ3n) is 6.53. The first-order chi connectivity index (χ1) is 17.1. The lowest BCUT2D eigenvalue weighted by Crippen LogP contribution is -2.20. The summed E-state index contributed by atoms with van der Waals surface area (Å²) >= 11 is -1.01. The van der Waals surface area contributed by atoms with Gasteiger partial charge in [-0.05, 0) is 90.6 Å². The maximum atomic E-state index is 12.9. The highest BCUT2D eigenvalue weighted by molar-refractivity contribution is 7.91. The lowest BCUT2D eigenvalue weighted by molar-refractivity contribution is -0.137. The van der Waals surface area contributed by atoms with Gasteiger partial charge in [0, 0.05) is 30.4 Å². The molecule has 4 nitrogen and oxygen atoms in total. The van der Waals surface area contributed by atoms with Crippen molar-refractivity contribution in [2.45, 2.75) is 43.7 Å². The fraction of sp³-hybridized carbons (Fsp3) is 0.321. The van der Waals surface area contributed by atoms with Crippen LogP contribution in [0, 0.1) is 6.92 Å². The second-order valence-corrected chi connectivity index (χ2v) is 10.8. The van der Waals surface area contributed by atoms with Crippen LogP contribution in [0.1, 0.15) is 41.5 Å². The van der Waals surface area contributed by atoms with Gasteiger partial charge in [-0.3, -0.25) is 4.79 Å². The Morgan fingerprint density at radius 3 is 2.39 bits per heavy atom. The molecule has 0 saturated carbocycles. The van der Waals surface area contributed by atoms with E-state index in [9.17, 15) is 22.5 Å². The zero-order chi connectivity index (χ0) is 25.9. The van der Waals surface area contributed by atoms with Crippen LogP contribution in [-0.2, 0) is 28.6 Å². The van der Waals surface area contributed by atoms with E-state index in [0.29, 0.717) is 11.4 Å². The van der Waals surface area contributed by atoms with Crippen molar-refractivity contribution in [2.75, 3.05) is 29.1 Å². The summed E-state index contributed by atoms with van der Waals surface area (Å²) in [5.41, 5.74) is 3.93. The molecule has 0 aliphatic carbocycles. The van der Waals surface area contributed by atoms with Gasteiger partial charge in [-0.1, -0.05) is 24.3 Å². The predicted octanol–water partition coefficient (Wildman–Crippen LogP) is 6.32. The molecule has 1 aliphatic heterocycles. The quantitative estimate of drug-likeness (QED) is 0.376. The van der Waals surface area contributed by atoms with Crippen LogP contribution in [0.5, 0.6) is 0 Å². The number of carbonyl (C=O) groups is 1. The second-order valence-electron chi connectivity index (χ2n) is 9.06. The first-order valence-corrected chi connectivity index (χ1v) is 13.3. The van der Waals surface area contributed by atoms with E-state index >= 15 is 0 Å². The van der Waals surface area contributed by atoms with Crippen LogP contribution in [0.15, 0.2) is 71.6 Å². The topological polar surface area (TPSA) is 55.4 Å². The molecule has 1 fully saturated rings. The lowest BCUT2D eigenvalue weighted by atomic mass is 9.97. The van der Waals surface area contributed by atoms with Crippen molar-refractivity contribution < 1.29 is 22.5 Å². The predicted molar refractivity (Wildman–Crippen MR) is 138 cm³/mol. The molecular formula is C28H29F3N2O2S. The van der Waals surface area contributed by atoms with E-state index in [4.69, 9.17) is 0 Å². The number of benzene rings is 3. The Balaban J connectivity index is 1.35. The maximum absolute atomic E-state index is 12.9. The van der Waals surface area contributed by atoms with Gasteiger partial charge in [0.25, 0.3) is 0 Å². The summed E-state index contributed by atoms with van der Waals surface area (Å²) in [6.45, 7) is 5.41. The van der Waals surface area contributed by atoms with Crippen LogP contribution in [0.4, 0.5) is 24.5 Å². The summed E-state index contributed by atoms with van der Waals surface area (Å²) in [4.78, 5) is 15.5. The van der Waals surface area contributed by atoms with E-state index in [0.717, 1.165) is 58.9 Å². The highest BCUT2D eigenvalue weighted by Crippen LogP contribution is 2.35. The Bertz CT molecular complexity index is 1200. The average molecular weight is 515 g/mol. The van der Waals surface area contributed by atoms with Crippen molar-refractivity contribution in [2.24, 2.45) is 0 Å². The van der Waals surface area contributed by atoms with Gasteiger partial charge in [-0.15, -0.1) is 0 Å². The summed E-state index contributed by atoms with van der Waals surface area (Å²) in [5, 5.41) is 2.94. The minimum atomic E-state index is -4.32. The third kappa shape index (κ3) is 6.23. The summed E-state index contributed by atoms with van der Waals surface area (Å²) < 4.78 is 50.4. The molecule has 36 heavy (non-hydrogen) atoms. The summed E-state index contributed by atoms with van der Waals surface area (Å²) in [6.07, 6.45) is -3.23. The Morgan fingerprint density at radius 2 is 1.78 bits per heavy atom. The molecule has 1 heterocycles. The highest BCUT2D eigenvalue weighted by Gasteiger charge is 2.31. The molecule has 1 amide bonds. The average Bonchev–Trinajstić information content (AvgIpc) is 3.33. The van der Waals surface area contributed by atoms with Crippen LogP contribution in [0.3, 0.4) is 0 Å². The monoisotopic (exact) mass is 514 g/mol. The number of anilines is 2. The van der Waals surface area contributed by atoms with Crippen LogP contribution >= 0.6 is 0 Å². The number of nitrogens with one attached hydrogen (secondary N) is 1. The molecule has 1 saturated heterocycles. The standard InChI is InChI=1S/C28H29F3N2O2S/c1-3-36(35)25-11-4-20(5-12-25)17-27(34)32-24-10-13-26(19(2)16-24)33-15-14-22(18-33)21-6-8-23(9-7-21)28(29,30)31/h4-13,16,22H,3,14-15,17-18H2,1-2H3,(H,32,34). The second kappa shape index (κ2) is 11.0. The van der Waals surface area contributed by atoms with Gasteiger partial charge >= 0.3 is 6.18 Å². The first-order valence-electron chi connectivity index (χ1n) is 11.9. The Hall–Kier alpha value is -2.97. The number of hydrogen-bond donors (Lipinski definition) is 1. The SMILES string of the molecule is CC[S+]([O-])c1ccc(CC(=O)Nc2ccc(N3CCC(c4ccc(C(F)(F)F)cc4)C3)c(C)c2)cc1. The van der Waals surface area contributed by atoms with Crippen molar-refractivity contribution in [1.29, 1.82) is 0 Å². The number of alkyl halides is 3. The van der Waals surface area contributed by atoms with Crippen molar-refractivity contribution in [3.05, 3.63) is 89.0 Å². The van der Waals surface area contributed by atoms with Crippen LogP contribution in [0.25, 0.3) is 0 Å². The molecule has 0 radical (unpaired) electrons. The number of aryl methyl sites for hydroxylation is 1. The number of nitrogens with zero attached hydrogens (tertiary/aromatic N) is 1. The maximum Gasteiger partial charge on any atom is 0.416 e. The molecule has 0 spiro atoms. The largest absolute Gasteiger partial charge is 0.611 e. The fourth-order valence-corrected chi connectivity index (χ4v) is 5.37. The van der Waals surface area contributed by atoms with Crippen LogP contribution in [-0.4, -0.2) is 29.3 Å². The smallest absolute Gasteiger partial charge is 0.416 e. The minimum absolute atomic E-state index is 0.130. The zero-order valence-electron chi connectivity index (χ0n) is 20.3. The van der Waals surface area contributed by atoms with Gasteiger partial charge in [-0.2, -0.15) is 13.2 Å². The lowest BCUT2D eigenvalue weighted by Gasteiger charge is -2.22. The number of hydrogen-bond acceptors (Lipinski definition) is 3. The van der Waals surface area contributed by atoms with Crippen molar-refractivity contribution in [1.82, 2.24) is 0 Å². The fourth-order valence-electron chi connectivity index (χ4n) is 4.60. The van der Waals surface area contributed by atoms with Crippen molar-refractivity contribution in [3.8, 4) is 0 Å². The summed E-state index contributed by atoms with van der Waals surface area (Å²) in [6, 6.07) is 18.5. The van der Waals surface area contributed by atoms with Crippen LogP contribution < -0.4 is 10.2 Å². The Labute approximate surface area is 212 Å². The number of halogens is 3. The van der Waals surface area contributed by atoms with Gasteiger partial charge < -0.3 is 14.8 Å². The molecule has 8 heteroatoms. The number of rotatable bonds is 7. The van der Waals surface area contributed by atoms with Gasteiger partial charge in [-0.25, -0.2) is 0 Å². The minimum Gasteiger partial charge on any atom is -0.611 e. The molecule has 190 valence electrons. The molecule has 2 atom stereocenters. The van der Waals surface area contributed by atoms with E-state index in [1.807, 2.05) is 44.2 Å². The van der Waals surface area contributed by atoms with Crippen LogP contribution in [0.2, 0.25) is 0 Å². The van der Waals surface area contributed by atoms with Gasteiger partial charge in [0.05, 0.1) is 12.0 Å². The molecule has 4 rings (SSSR count). The van der Waals surface area contributed by atoms with Crippen molar-refractivity contribution >= 4 is 28.5 Å². The van der Waals surface area contributed by atoms with Gasteiger partial charge in [0.1, 0.15) is 5.75 Å². The zero-order valence-corrected chi connectivity index (χ0v) is 21.1. The molecule has 1 N–H and O–H groups in total. The summed E-state index contributed by atoms with van der Waals surface area (Å²) in [7, 11) is 0. The third-order valence-corrected chi connectivity index (χ3v) is 7.85. The van der Waals surface area contributed by atoms with E-state index in [1.165, 1.54) is 0 Å². The van der Waals surface area contributed by atoms with E-state index in [1.54, 1.807) is 24.3 Å². The van der Waals surface area contributed by atoms with E-state index in [2.05, 4.69) is 10.2 Å². The normalized spacial score (nSPS) is 16.7. The Kier molecular flexibility index (Phi) is 7.95. The molecule has 2 unspecified atom stereocenters. The number of amides is 1. The van der Waals surface area contributed by atoms with E-state index in [-0.39, 0.29) is 18.2 Å². The Morgan fingerprint density at radius 1 is 1.08 bits per heavy atom. The molecule has 1 aliphatic rings. The number of carbonyl (C=O) groups excluding carboxylic acids is 1. The van der Waals surface area contributed by atoms with E-state index < -0.39 is 22.9 Å². The molecule has 3 aromatic rings. The highest BCUT2D eigenvalue weighted by atomic mass is 32.2. The molecule has 0 bridgehead atoms. The molecule has 0 aromatic heterocycles. The van der Waals surface area contributed by atoms with Gasteiger partial charge in [0.2, 0.25) is 5.91 Å².